The van der Waals surface area contributed by atoms with Gasteiger partial charge in [-0.25, -0.2) is 0 Å². The van der Waals surface area contributed by atoms with Gasteiger partial charge in [0.05, 0.1) is 18.0 Å². The summed E-state index contributed by atoms with van der Waals surface area (Å²) in [6.45, 7) is 8.50. The zero-order valence-corrected chi connectivity index (χ0v) is 13.5. The Balaban J connectivity index is 2.19. The maximum atomic E-state index is 10.7. The van der Waals surface area contributed by atoms with Crippen molar-refractivity contribution in [3.63, 3.8) is 0 Å². The summed E-state index contributed by atoms with van der Waals surface area (Å²) in [6, 6.07) is 0. The van der Waals surface area contributed by atoms with E-state index in [1.165, 1.54) is 11.8 Å². The molecule has 0 aromatic carbocycles. The molecular weight excluding hydrogens is 292 g/mol. The van der Waals surface area contributed by atoms with E-state index in [1.54, 1.807) is 0 Å². The maximum Gasteiger partial charge on any atom is 0.313 e. The molecule has 1 aliphatic rings. The molecule has 8 heteroatoms. The predicted octanol–water partition coefficient (Wildman–Crippen LogP) is 1.48. The van der Waals surface area contributed by atoms with Crippen molar-refractivity contribution >= 4 is 23.7 Å². The van der Waals surface area contributed by atoms with E-state index in [0.717, 1.165) is 32.0 Å². The lowest BCUT2D eigenvalue weighted by atomic mass is 10.2. The summed E-state index contributed by atoms with van der Waals surface area (Å²) in [4.78, 5) is 12.9. The van der Waals surface area contributed by atoms with Crippen molar-refractivity contribution in [2.75, 3.05) is 23.7 Å². The number of hydrogen-bond donors (Lipinski definition) is 1. The van der Waals surface area contributed by atoms with Crippen molar-refractivity contribution in [2.24, 2.45) is 0 Å². The number of aliphatic carboxylic acids is 1. The molecule has 1 aromatic rings. The van der Waals surface area contributed by atoms with E-state index in [0.29, 0.717) is 5.16 Å². The number of ether oxygens (including phenoxy) is 1. The van der Waals surface area contributed by atoms with Gasteiger partial charge in [0, 0.05) is 19.6 Å². The fourth-order valence-corrected chi connectivity index (χ4v) is 3.19. The van der Waals surface area contributed by atoms with E-state index in [1.807, 2.05) is 18.4 Å². The second kappa shape index (κ2) is 7.13. The number of carboxylic acids is 1. The Hall–Kier alpha value is -1.28. The quantitative estimate of drug-likeness (QED) is 0.796. The third kappa shape index (κ3) is 4.10. The molecule has 7 nitrogen and oxygen atoms in total. The normalized spacial score (nSPS) is 22.5. The lowest BCUT2D eigenvalue weighted by Crippen LogP contribution is -2.46. The number of carboxylic acid groups (broad SMARTS) is 1. The summed E-state index contributed by atoms with van der Waals surface area (Å²) in [5.41, 5.74) is 0. The average Bonchev–Trinajstić information content (AvgIpc) is 2.79. The van der Waals surface area contributed by atoms with Crippen LogP contribution < -0.4 is 4.90 Å². The number of thioether (sulfide) groups is 1. The van der Waals surface area contributed by atoms with Crippen LogP contribution in [0.4, 0.5) is 5.95 Å². The molecule has 1 aliphatic heterocycles. The summed E-state index contributed by atoms with van der Waals surface area (Å²) in [6.07, 6.45) is 1.24. The smallest absolute Gasteiger partial charge is 0.313 e. The van der Waals surface area contributed by atoms with Gasteiger partial charge in [-0.15, -0.1) is 10.2 Å². The highest BCUT2D eigenvalue weighted by atomic mass is 32.2. The van der Waals surface area contributed by atoms with Gasteiger partial charge in [0.25, 0.3) is 0 Å². The van der Waals surface area contributed by atoms with E-state index in [4.69, 9.17) is 9.84 Å². The predicted molar refractivity (Wildman–Crippen MR) is 80.9 cm³/mol. The van der Waals surface area contributed by atoms with Crippen LogP contribution in [0, 0.1) is 0 Å². The number of hydrogen-bond acceptors (Lipinski definition) is 6. The molecule has 118 valence electrons. The molecule has 0 bridgehead atoms. The van der Waals surface area contributed by atoms with Gasteiger partial charge in [-0.2, -0.15) is 0 Å². The fourth-order valence-electron chi connectivity index (χ4n) is 2.51. The summed E-state index contributed by atoms with van der Waals surface area (Å²) >= 11 is 1.21. The second-order valence-electron chi connectivity index (χ2n) is 5.28. The molecular formula is C13H22N4O3S. The number of anilines is 1. The monoisotopic (exact) mass is 314 g/mol. The first-order valence-electron chi connectivity index (χ1n) is 7.19. The molecule has 0 radical (unpaired) electrons. The van der Waals surface area contributed by atoms with E-state index in [-0.39, 0.29) is 18.0 Å². The third-order valence-electron chi connectivity index (χ3n) is 3.17. The Kier molecular flexibility index (Phi) is 5.46. The Bertz CT molecular complexity index is 484. The first kappa shape index (κ1) is 16.1. The molecule has 1 fully saturated rings. The van der Waals surface area contributed by atoms with Crippen molar-refractivity contribution in [1.82, 2.24) is 14.8 Å². The number of carbonyl (C=O) groups is 1. The molecule has 0 aliphatic carbocycles. The molecule has 1 N–H and O–H groups in total. The van der Waals surface area contributed by atoms with Crippen molar-refractivity contribution in [3.8, 4) is 0 Å². The minimum absolute atomic E-state index is 0.00222. The number of nitrogens with zero attached hydrogens (tertiary/aromatic N) is 4. The van der Waals surface area contributed by atoms with Crippen LogP contribution in [0.3, 0.4) is 0 Å². The molecule has 2 rings (SSSR count). The van der Waals surface area contributed by atoms with Gasteiger partial charge in [0.1, 0.15) is 0 Å². The lowest BCUT2D eigenvalue weighted by molar-refractivity contribution is -0.133. The van der Waals surface area contributed by atoms with Gasteiger partial charge in [-0.05, 0) is 20.3 Å². The van der Waals surface area contributed by atoms with E-state index in [9.17, 15) is 4.79 Å². The number of aromatic nitrogens is 3. The summed E-state index contributed by atoms with van der Waals surface area (Å²) in [5, 5.41) is 17.9. The number of rotatable bonds is 6. The first-order valence-corrected chi connectivity index (χ1v) is 8.18. The highest BCUT2D eigenvalue weighted by Gasteiger charge is 2.27. The highest BCUT2D eigenvalue weighted by molar-refractivity contribution is 7.99. The van der Waals surface area contributed by atoms with Crippen LogP contribution in [0.2, 0.25) is 0 Å². The Morgan fingerprint density at radius 3 is 2.62 bits per heavy atom. The maximum absolute atomic E-state index is 10.7. The van der Waals surface area contributed by atoms with Crippen LogP contribution in [0.1, 0.15) is 27.2 Å². The molecule has 0 spiro atoms. The minimum atomic E-state index is -0.846. The van der Waals surface area contributed by atoms with Crippen molar-refractivity contribution in [2.45, 2.75) is 51.1 Å². The van der Waals surface area contributed by atoms with Gasteiger partial charge >= 0.3 is 5.97 Å². The largest absolute Gasteiger partial charge is 0.481 e. The topological polar surface area (TPSA) is 80.5 Å². The molecule has 21 heavy (non-hydrogen) atoms. The van der Waals surface area contributed by atoms with Gasteiger partial charge in [-0.3, -0.25) is 9.36 Å². The molecule has 0 saturated carbocycles. The zero-order chi connectivity index (χ0) is 15.4. The summed E-state index contributed by atoms with van der Waals surface area (Å²) in [7, 11) is 0. The first-order chi connectivity index (χ1) is 10.0. The Labute approximate surface area is 128 Å². The van der Waals surface area contributed by atoms with Gasteiger partial charge < -0.3 is 14.7 Å². The lowest BCUT2D eigenvalue weighted by Gasteiger charge is -2.35. The van der Waals surface area contributed by atoms with Crippen LogP contribution in [0.25, 0.3) is 0 Å². The molecule has 1 aromatic heterocycles. The van der Waals surface area contributed by atoms with Gasteiger partial charge in [0.15, 0.2) is 5.16 Å². The second-order valence-corrected chi connectivity index (χ2v) is 6.22. The standard InChI is InChI=1S/C13H22N4O3S/c1-4-5-17-12(14-15-13(17)21-8-11(18)19)16-6-9(2)20-10(3)7-16/h9-10H,4-8H2,1-3H3,(H,18,19). The van der Waals surface area contributed by atoms with Crippen LogP contribution >= 0.6 is 11.8 Å². The summed E-state index contributed by atoms with van der Waals surface area (Å²) in [5.74, 6) is -0.0365. The van der Waals surface area contributed by atoms with E-state index >= 15 is 0 Å². The van der Waals surface area contributed by atoms with Crippen LogP contribution in [-0.2, 0) is 16.1 Å². The molecule has 2 heterocycles. The van der Waals surface area contributed by atoms with E-state index in [2.05, 4.69) is 22.0 Å². The van der Waals surface area contributed by atoms with Crippen molar-refractivity contribution in [3.05, 3.63) is 0 Å². The Morgan fingerprint density at radius 2 is 2.05 bits per heavy atom. The third-order valence-corrected chi connectivity index (χ3v) is 4.12. The van der Waals surface area contributed by atoms with Crippen molar-refractivity contribution in [1.29, 1.82) is 0 Å². The number of morpholine rings is 1. The van der Waals surface area contributed by atoms with Crippen LogP contribution in [-0.4, -0.2) is 56.9 Å². The molecule has 2 unspecified atom stereocenters. The highest BCUT2D eigenvalue weighted by Crippen LogP contribution is 2.24. The Morgan fingerprint density at radius 1 is 1.38 bits per heavy atom. The zero-order valence-electron chi connectivity index (χ0n) is 12.7. The van der Waals surface area contributed by atoms with Crippen molar-refractivity contribution < 1.29 is 14.6 Å². The molecule has 0 amide bonds. The van der Waals surface area contributed by atoms with E-state index < -0.39 is 5.97 Å². The minimum Gasteiger partial charge on any atom is -0.481 e. The van der Waals surface area contributed by atoms with Gasteiger partial charge in [-0.1, -0.05) is 18.7 Å². The average molecular weight is 314 g/mol. The van der Waals surface area contributed by atoms with Gasteiger partial charge in [0.2, 0.25) is 5.95 Å². The molecule has 2 atom stereocenters. The van der Waals surface area contributed by atoms with Crippen LogP contribution in [0.5, 0.6) is 0 Å². The fraction of sp³-hybridized carbons (Fsp3) is 0.769. The van der Waals surface area contributed by atoms with Crippen LogP contribution in [0.15, 0.2) is 5.16 Å². The summed E-state index contributed by atoms with van der Waals surface area (Å²) < 4.78 is 7.75. The SMILES string of the molecule is CCCn1c(SCC(=O)O)nnc1N1CC(C)OC(C)C1. The molecule has 1 saturated heterocycles.